The Balaban J connectivity index is 1.82. The number of esters is 3. The van der Waals surface area contributed by atoms with Crippen molar-refractivity contribution in [2.24, 2.45) is 23.7 Å². The summed E-state index contributed by atoms with van der Waals surface area (Å²) < 4.78 is 28.1. The highest BCUT2D eigenvalue weighted by Crippen LogP contribution is 2.58. The Kier molecular flexibility index (Phi) is 6.22. The first-order chi connectivity index (χ1) is 13.6. The molecule has 2 fully saturated rings. The van der Waals surface area contributed by atoms with Crippen molar-refractivity contribution in [3.8, 4) is 0 Å². The Morgan fingerprint density at radius 1 is 1.10 bits per heavy atom. The van der Waals surface area contributed by atoms with E-state index < -0.39 is 29.9 Å². The zero-order valence-corrected chi connectivity index (χ0v) is 17.6. The van der Waals surface area contributed by atoms with E-state index in [9.17, 15) is 14.4 Å². The standard InChI is InChI=1S/C21H30O8/c1-11(2)6-17(23)28-15-9-25-20(29-18(24)7-12(3)4)19-14(15)8-16(27-13(5)22)21(19)10-26-21/h9,11-12,14,16,19-20H,6-8,10H2,1-5H3/t14-,16+,19-,20+,21-/m1/s1. The molecule has 5 atom stereocenters. The summed E-state index contributed by atoms with van der Waals surface area (Å²) in [5.74, 6) is -1.22. The summed E-state index contributed by atoms with van der Waals surface area (Å²) in [5.41, 5.74) is -0.789. The van der Waals surface area contributed by atoms with Crippen molar-refractivity contribution in [2.45, 2.75) is 71.9 Å². The van der Waals surface area contributed by atoms with E-state index in [0.29, 0.717) is 18.8 Å². The number of epoxide rings is 1. The number of carbonyl (C=O) groups excluding carboxylic acids is 3. The van der Waals surface area contributed by atoms with E-state index >= 15 is 0 Å². The van der Waals surface area contributed by atoms with Gasteiger partial charge in [0.15, 0.2) is 0 Å². The first kappa shape index (κ1) is 21.6. The maximum absolute atomic E-state index is 12.2. The molecule has 8 nitrogen and oxygen atoms in total. The van der Waals surface area contributed by atoms with E-state index in [4.69, 9.17) is 23.7 Å². The Bertz CT molecular complexity index is 691. The van der Waals surface area contributed by atoms with Crippen LogP contribution < -0.4 is 0 Å². The average Bonchev–Trinajstić information content (AvgIpc) is 3.29. The molecule has 3 rings (SSSR count). The number of hydrogen-bond acceptors (Lipinski definition) is 8. The average molecular weight is 410 g/mol. The lowest BCUT2D eigenvalue weighted by Crippen LogP contribution is -2.45. The van der Waals surface area contributed by atoms with Gasteiger partial charge in [0.05, 0.1) is 12.5 Å². The highest BCUT2D eigenvalue weighted by molar-refractivity contribution is 5.71. The van der Waals surface area contributed by atoms with Crippen LogP contribution in [0.25, 0.3) is 0 Å². The van der Waals surface area contributed by atoms with E-state index in [1.807, 2.05) is 27.7 Å². The van der Waals surface area contributed by atoms with Gasteiger partial charge in [0, 0.05) is 25.7 Å². The van der Waals surface area contributed by atoms with E-state index in [1.54, 1.807) is 0 Å². The first-order valence-electron chi connectivity index (χ1n) is 10.2. The van der Waals surface area contributed by atoms with Crippen LogP contribution in [0.2, 0.25) is 0 Å². The molecule has 2 aliphatic heterocycles. The van der Waals surface area contributed by atoms with Gasteiger partial charge in [0.25, 0.3) is 0 Å². The Morgan fingerprint density at radius 2 is 1.72 bits per heavy atom. The van der Waals surface area contributed by atoms with Crippen LogP contribution in [0.15, 0.2) is 12.0 Å². The van der Waals surface area contributed by atoms with Gasteiger partial charge in [-0.15, -0.1) is 0 Å². The van der Waals surface area contributed by atoms with Crippen LogP contribution in [0.4, 0.5) is 0 Å². The molecule has 0 aromatic heterocycles. The van der Waals surface area contributed by atoms with Crippen LogP contribution in [0, 0.1) is 23.7 Å². The zero-order chi connectivity index (χ0) is 21.3. The smallest absolute Gasteiger partial charge is 0.311 e. The fourth-order valence-corrected chi connectivity index (χ4v) is 4.18. The molecule has 0 aromatic carbocycles. The van der Waals surface area contributed by atoms with Crippen LogP contribution in [0.3, 0.4) is 0 Å². The third-order valence-corrected chi connectivity index (χ3v) is 5.40. The minimum Gasteiger partial charge on any atom is -0.459 e. The fourth-order valence-electron chi connectivity index (χ4n) is 4.18. The molecular weight excluding hydrogens is 380 g/mol. The number of allylic oxidation sites excluding steroid dienone is 1. The van der Waals surface area contributed by atoms with E-state index in [0.717, 1.165) is 0 Å². The molecule has 1 saturated heterocycles. The molecule has 1 saturated carbocycles. The third kappa shape index (κ3) is 4.74. The van der Waals surface area contributed by atoms with Gasteiger partial charge in [-0.2, -0.15) is 0 Å². The minimum absolute atomic E-state index is 0.147. The van der Waals surface area contributed by atoms with E-state index in [1.165, 1.54) is 13.2 Å². The number of fused-ring (bicyclic) bond motifs is 2. The topological polar surface area (TPSA) is 101 Å². The second-order valence-corrected chi connectivity index (χ2v) is 8.89. The highest BCUT2D eigenvalue weighted by atomic mass is 16.7. The van der Waals surface area contributed by atoms with Crippen molar-refractivity contribution in [3.05, 3.63) is 12.0 Å². The Hall–Kier alpha value is -2.09. The maximum atomic E-state index is 12.2. The van der Waals surface area contributed by atoms with Gasteiger partial charge in [-0.3, -0.25) is 14.4 Å². The molecule has 8 heteroatoms. The summed E-state index contributed by atoms with van der Waals surface area (Å²) in [4.78, 5) is 36.0. The molecule has 3 aliphatic rings. The predicted molar refractivity (Wildman–Crippen MR) is 99.9 cm³/mol. The van der Waals surface area contributed by atoms with Gasteiger partial charge in [-0.1, -0.05) is 27.7 Å². The molecule has 0 bridgehead atoms. The first-order valence-corrected chi connectivity index (χ1v) is 10.2. The summed E-state index contributed by atoms with van der Waals surface area (Å²) in [6, 6.07) is 0. The van der Waals surface area contributed by atoms with Crippen molar-refractivity contribution < 1.29 is 38.1 Å². The van der Waals surface area contributed by atoms with Gasteiger partial charge < -0.3 is 23.7 Å². The Labute approximate surface area is 170 Å². The van der Waals surface area contributed by atoms with Crippen LogP contribution in [0.5, 0.6) is 0 Å². The quantitative estimate of drug-likeness (QED) is 0.359. The molecule has 0 radical (unpaired) electrons. The molecule has 1 aliphatic carbocycles. The van der Waals surface area contributed by atoms with Crippen molar-refractivity contribution in [1.29, 1.82) is 0 Å². The number of hydrogen-bond donors (Lipinski definition) is 0. The molecular formula is C21H30O8. The summed E-state index contributed by atoms with van der Waals surface area (Å²) in [6.07, 6.45) is 0.887. The highest BCUT2D eigenvalue weighted by Gasteiger charge is 2.71. The third-order valence-electron chi connectivity index (χ3n) is 5.40. The number of rotatable bonds is 7. The normalized spacial score (nSPS) is 32.4. The predicted octanol–water partition coefficient (Wildman–Crippen LogP) is 2.70. The molecule has 29 heavy (non-hydrogen) atoms. The zero-order valence-electron chi connectivity index (χ0n) is 17.6. The van der Waals surface area contributed by atoms with Crippen molar-refractivity contribution in [2.75, 3.05) is 6.61 Å². The minimum atomic E-state index is -0.887. The van der Waals surface area contributed by atoms with Crippen LogP contribution in [-0.4, -0.2) is 42.5 Å². The van der Waals surface area contributed by atoms with E-state index in [2.05, 4.69) is 0 Å². The lowest BCUT2D eigenvalue weighted by atomic mass is 9.86. The van der Waals surface area contributed by atoms with Crippen LogP contribution >= 0.6 is 0 Å². The van der Waals surface area contributed by atoms with Gasteiger partial charge in [-0.25, -0.2) is 0 Å². The molecule has 162 valence electrons. The Morgan fingerprint density at radius 3 is 2.28 bits per heavy atom. The van der Waals surface area contributed by atoms with Gasteiger partial charge in [0.1, 0.15) is 23.7 Å². The van der Waals surface area contributed by atoms with Crippen LogP contribution in [-0.2, 0) is 38.1 Å². The molecule has 0 unspecified atom stereocenters. The monoisotopic (exact) mass is 410 g/mol. The lowest BCUT2D eigenvalue weighted by Gasteiger charge is -2.34. The summed E-state index contributed by atoms with van der Waals surface area (Å²) in [5, 5.41) is 0. The van der Waals surface area contributed by atoms with Gasteiger partial charge in [0.2, 0.25) is 6.29 Å². The molecule has 1 spiro atoms. The largest absolute Gasteiger partial charge is 0.459 e. The molecule has 2 heterocycles. The van der Waals surface area contributed by atoms with Crippen molar-refractivity contribution in [3.63, 3.8) is 0 Å². The second kappa shape index (κ2) is 8.34. The molecule has 0 aromatic rings. The fraction of sp³-hybridized carbons (Fsp3) is 0.762. The summed E-state index contributed by atoms with van der Waals surface area (Å²) in [6.45, 7) is 9.42. The number of carbonyl (C=O) groups is 3. The van der Waals surface area contributed by atoms with Gasteiger partial charge in [-0.05, 0) is 18.3 Å². The SMILES string of the molecule is CC(=O)O[C@H]1C[C@@H]2C(OC(=O)CC(C)C)=CO[C@@H](OC(=O)CC(C)C)[C@@H]2[C@@]12CO2. The summed E-state index contributed by atoms with van der Waals surface area (Å²) in [7, 11) is 0. The number of ether oxygens (including phenoxy) is 5. The van der Waals surface area contributed by atoms with Gasteiger partial charge >= 0.3 is 17.9 Å². The molecule has 0 amide bonds. The second-order valence-electron chi connectivity index (χ2n) is 8.89. The van der Waals surface area contributed by atoms with Crippen LogP contribution in [0.1, 0.15) is 53.9 Å². The molecule has 0 N–H and O–H groups in total. The van der Waals surface area contributed by atoms with E-state index in [-0.39, 0.29) is 42.5 Å². The summed E-state index contributed by atoms with van der Waals surface area (Å²) >= 11 is 0. The van der Waals surface area contributed by atoms with Crippen molar-refractivity contribution in [1.82, 2.24) is 0 Å². The maximum Gasteiger partial charge on any atom is 0.311 e. The van der Waals surface area contributed by atoms with Crippen molar-refractivity contribution >= 4 is 17.9 Å². The lowest BCUT2D eigenvalue weighted by molar-refractivity contribution is -0.195.